The summed E-state index contributed by atoms with van der Waals surface area (Å²) in [6.07, 6.45) is -0.174. The van der Waals surface area contributed by atoms with E-state index in [9.17, 15) is 24.0 Å². The predicted molar refractivity (Wildman–Crippen MR) is 127 cm³/mol. The van der Waals surface area contributed by atoms with Crippen LogP contribution < -0.4 is 25.5 Å². The van der Waals surface area contributed by atoms with Gasteiger partial charge in [-0.2, -0.15) is 0 Å². The molecule has 1 aliphatic rings. The number of hydrogen-bond acceptors (Lipinski definition) is 8. The third kappa shape index (κ3) is 6.95. The lowest BCUT2D eigenvalue weighted by atomic mass is 10.1. The normalized spacial score (nSPS) is 14.6. The topological polar surface area (TPSA) is 152 Å². The van der Waals surface area contributed by atoms with Gasteiger partial charge in [0.1, 0.15) is 11.5 Å². The van der Waals surface area contributed by atoms with E-state index >= 15 is 0 Å². The van der Waals surface area contributed by atoms with E-state index in [4.69, 9.17) is 14.2 Å². The van der Waals surface area contributed by atoms with Gasteiger partial charge in [-0.25, -0.2) is 0 Å². The molecule has 1 atom stereocenters. The molecule has 36 heavy (non-hydrogen) atoms. The average Bonchev–Trinajstić information content (AvgIpc) is 3.23. The minimum absolute atomic E-state index is 0.100. The maximum Gasteiger partial charge on any atom is 0.311 e. The Kier molecular flexibility index (Phi) is 8.44. The zero-order valence-electron chi connectivity index (χ0n) is 20.0. The van der Waals surface area contributed by atoms with Crippen LogP contribution in [0.5, 0.6) is 11.5 Å². The fourth-order valence-corrected chi connectivity index (χ4v) is 3.39. The Hall–Kier alpha value is -4.61. The summed E-state index contributed by atoms with van der Waals surface area (Å²) in [5.74, 6) is -2.63. The van der Waals surface area contributed by atoms with Gasteiger partial charge < -0.3 is 24.8 Å². The number of hydrogen-bond donors (Lipinski definition) is 3. The molecule has 12 heteroatoms. The SMILES string of the molecule is COc1cc(OC)cc(C(=O)NN2C[C@@H](C(=O)OCC(=O)Nc3ccc(NC(C)=O)cc3)CC2=O)c1. The van der Waals surface area contributed by atoms with Crippen molar-refractivity contribution in [3.8, 4) is 11.5 Å². The van der Waals surface area contributed by atoms with Gasteiger partial charge in [0.2, 0.25) is 11.8 Å². The fourth-order valence-electron chi connectivity index (χ4n) is 3.39. The summed E-state index contributed by atoms with van der Waals surface area (Å²) >= 11 is 0. The number of benzene rings is 2. The highest BCUT2D eigenvalue weighted by Gasteiger charge is 2.36. The van der Waals surface area contributed by atoms with Crippen LogP contribution in [0.1, 0.15) is 23.7 Å². The minimum Gasteiger partial charge on any atom is -0.497 e. The van der Waals surface area contributed by atoms with Crippen molar-refractivity contribution in [3.63, 3.8) is 0 Å². The first-order chi connectivity index (χ1) is 17.2. The Bertz CT molecular complexity index is 1140. The molecule has 2 aromatic rings. The number of anilines is 2. The van der Waals surface area contributed by atoms with Gasteiger partial charge in [-0.15, -0.1) is 0 Å². The molecule has 0 unspecified atom stereocenters. The first-order valence-electron chi connectivity index (χ1n) is 10.9. The summed E-state index contributed by atoms with van der Waals surface area (Å²) in [6, 6.07) is 10.9. The highest BCUT2D eigenvalue weighted by atomic mass is 16.5. The van der Waals surface area contributed by atoms with Gasteiger partial charge in [-0.3, -0.25) is 34.4 Å². The summed E-state index contributed by atoms with van der Waals surface area (Å²) in [5.41, 5.74) is 3.69. The Labute approximate surface area is 206 Å². The number of carbonyl (C=O) groups is 5. The lowest BCUT2D eigenvalue weighted by Crippen LogP contribution is -2.43. The second-order valence-electron chi connectivity index (χ2n) is 7.86. The first-order valence-corrected chi connectivity index (χ1v) is 10.9. The number of carbonyl (C=O) groups excluding carboxylic acids is 5. The van der Waals surface area contributed by atoms with E-state index in [1.54, 1.807) is 30.3 Å². The van der Waals surface area contributed by atoms with Gasteiger partial charge in [0, 0.05) is 36.3 Å². The number of nitrogens with zero attached hydrogens (tertiary/aromatic N) is 1. The maximum absolute atomic E-state index is 12.6. The number of methoxy groups -OCH3 is 2. The van der Waals surface area contributed by atoms with E-state index in [-0.39, 0.29) is 24.4 Å². The van der Waals surface area contributed by atoms with Crippen LogP contribution in [0.15, 0.2) is 42.5 Å². The van der Waals surface area contributed by atoms with Crippen LogP contribution in [0.25, 0.3) is 0 Å². The third-order valence-corrected chi connectivity index (χ3v) is 5.14. The molecule has 0 radical (unpaired) electrons. The van der Waals surface area contributed by atoms with Crippen LogP contribution in [0.4, 0.5) is 11.4 Å². The van der Waals surface area contributed by atoms with Crippen LogP contribution in [0, 0.1) is 5.92 Å². The molecule has 0 saturated carbocycles. The van der Waals surface area contributed by atoms with Crippen LogP contribution >= 0.6 is 0 Å². The second-order valence-corrected chi connectivity index (χ2v) is 7.86. The molecular weight excluding hydrogens is 472 g/mol. The molecule has 1 fully saturated rings. The molecule has 0 aromatic heterocycles. The average molecular weight is 498 g/mol. The van der Waals surface area contributed by atoms with Crippen molar-refractivity contribution in [2.24, 2.45) is 5.92 Å². The Morgan fingerprint density at radius 2 is 1.53 bits per heavy atom. The molecule has 1 heterocycles. The van der Waals surface area contributed by atoms with E-state index in [1.807, 2.05) is 0 Å². The first kappa shape index (κ1) is 26.0. The quantitative estimate of drug-likeness (QED) is 0.438. The van der Waals surface area contributed by atoms with Gasteiger partial charge in [-0.05, 0) is 36.4 Å². The lowest BCUT2D eigenvalue weighted by Gasteiger charge is -2.18. The maximum atomic E-state index is 12.6. The van der Waals surface area contributed by atoms with Crippen molar-refractivity contribution in [1.29, 1.82) is 0 Å². The van der Waals surface area contributed by atoms with E-state index in [1.165, 1.54) is 33.3 Å². The summed E-state index contributed by atoms with van der Waals surface area (Å²) in [4.78, 5) is 60.5. The van der Waals surface area contributed by atoms with Gasteiger partial charge in [0.15, 0.2) is 6.61 Å². The van der Waals surface area contributed by atoms with Crippen LogP contribution in [-0.4, -0.2) is 62.0 Å². The Morgan fingerprint density at radius 1 is 0.944 bits per heavy atom. The molecule has 12 nitrogen and oxygen atoms in total. The third-order valence-electron chi connectivity index (χ3n) is 5.14. The summed E-state index contributed by atoms with van der Waals surface area (Å²) < 4.78 is 15.3. The number of esters is 1. The number of amides is 4. The largest absolute Gasteiger partial charge is 0.497 e. The highest BCUT2D eigenvalue weighted by Crippen LogP contribution is 2.23. The van der Waals surface area contributed by atoms with Crippen molar-refractivity contribution in [2.45, 2.75) is 13.3 Å². The molecule has 1 saturated heterocycles. The molecule has 0 bridgehead atoms. The predicted octanol–water partition coefficient (Wildman–Crippen LogP) is 1.34. The molecule has 3 rings (SSSR count). The number of ether oxygens (including phenoxy) is 3. The monoisotopic (exact) mass is 498 g/mol. The van der Waals surface area contributed by atoms with Crippen LogP contribution in [0.2, 0.25) is 0 Å². The molecule has 0 aliphatic carbocycles. The smallest absolute Gasteiger partial charge is 0.311 e. The van der Waals surface area contributed by atoms with E-state index < -0.39 is 36.2 Å². The fraction of sp³-hybridized carbons (Fsp3) is 0.292. The van der Waals surface area contributed by atoms with Crippen molar-refractivity contribution < 1.29 is 38.2 Å². The number of nitrogens with one attached hydrogen (secondary N) is 3. The molecule has 1 aliphatic heterocycles. The van der Waals surface area contributed by atoms with Gasteiger partial charge >= 0.3 is 5.97 Å². The number of hydrazine groups is 1. The zero-order valence-corrected chi connectivity index (χ0v) is 20.0. The molecule has 2 aromatic carbocycles. The Balaban J connectivity index is 1.49. The van der Waals surface area contributed by atoms with Gasteiger partial charge in [-0.1, -0.05) is 0 Å². The summed E-state index contributed by atoms with van der Waals surface area (Å²) in [6.45, 7) is 0.733. The molecular formula is C24H26N4O8. The minimum atomic E-state index is -0.845. The standard InChI is InChI=1S/C24H26N4O8/c1-14(29)25-17-4-6-18(7-5-17)26-21(30)13-36-24(33)16-10-22(31)28(12-16)27-23(32)15-8-19(34-2)11-20(9-15)35-3/h4-9,11,16H,10,12-13H2,1-3H3,(H,25,29)(H,26,30)(H,27,32)/t16-/m0/s1. The zero-order chi connectivity index (χ0) is 26.2. The highest BCUT2D eigenvalue weighted by molar-refractivity contribution is 5.97. The molecule has 190 valence electrons. The van der Waals surface area contributed by atoms with E-state index in [0.717, 1.165) is 5.01 Å². The van der Waals surface area contributed by atoms with Crippen molar-refractivity contribution in [2.75, 3.05) is 38.0 Å². The van der Waals surface area contributed by atoms with Crippen molar-refractivity contribution >= 4 is 41.0 Å². The molecule has 0 spiro atoms. The summed E-state index contributed by atoms with van der Waals surface area (Å²) in [5, 5.41) is 6.21. The van der Waals surface area contributed by atoms with Gasteiger partial charge in [0.05, 0.1) is 26.7 Å². The van der Waals surface area contributed by atoms with Crippen LogP contribution in [0.3, 0.4) is 0 Å². The Morgan fingerprint density at radius 3 is 2.08 bits per heavy atom. The van der Waals surface area contributed by atoms with E-state index in [2.05, 4.69) is 16.1 Å². The molecule has 3 N–H and O–H groups in total. The van der Waals surface area contributed by atoms with Gasteiger partial charge in [0.25, 0.3) is 11.8 Å². The number of rotatable bonds is 9. The van der Waals surface area contributed by atoms with Crippen molar-refractivity contribution in [1.82, 2.24) is 10.4 Å². The second kappa shape index (κ2) is 11.7. The van der Waals surface area contributed by atoms with Crippen molar-refractivity contribution in [3.05, 3.63) is 48.0 Å². The molecule has 4 amide bonds. The van der Waals surface area contributed by atoms with Crippen LogP contribution in [-0.2, 0) is 23.9 Å². The summed E-state index contributed by atoms with van der Waals surface area (Å²) in [7, 11) is 2.89. The lowest BCUT2D eigenvalue weighted by molar-refractivity contribution is -0.151. The van der Waals surface area contributed by atoms with E-state index in [0.29, 0.717) is 22.9 Å².